The van der Waals surface area contributed by atoms with E-state index in [2.05, 4.69) is 5.32 Å². The molecule has 0 amide bonds. The summed E-state index contributed by atoms with van der Waals surface area (Å²) in [6.07, 6.45) is 0. The Labute approximate surface area is 188 Å². The van der Waals surface area contributed by atoms with Crippen molar-refractivity contribution < 1.29 is 21.9 Å². The van der Waals surface area contributed by atoms with Gasteiger partial charge in [-0.2, -0.15) is 8.42 Å². The highest BCUT2D eigenvalue weighted by Gasteiger charge is 2.16. The van der Waals surface area contributed by atoms with Gasteiger partial charge in [0.15, 0.2) is 0 Å². The van der Waals surface area contributed by atoms with E-state index in [1.807, 2.05) is 6.92 Å². The molecular weight excluding hydrogens is 448 g/mol. The SMILES string of the molecule is Cc1ccc(S(=O)(=O)Oc2ccc(CNc3cc(=O)oc4ccc([N+](=O)[O-])cc34)cc2)cc1. The van der Waals surface area contributed by atoms with E-state index in [9.17, 15) is 23.3 Å². The van der Waals surface area contributed by atoms with Crippen molar-refractivity contribution in [3.8, 4) is 5.75 Å². The molecule has 0 aliphatic rings. The third-order valence-corrected chi connectivity index (χ3v) is 6.12. The van der Waals surface area contributed by atoms with Crippen LogP contribution in [-0.2, 0) is 16.7 Å². The van der Waals surface area contributed by atoms with E-state index >= 15 is 0 Å². The number of nitro benzene ring substituents is 1. The second kappa shape index (κ2) is 8.75. The first kappa shape index (κ1) is 22.0. The van der Waals surface area contributed by atoms with Crippen molar-refractivity contribution in [2.24, 2.45) is 0 Å². The number of hydrogen-bond donors (Lipinski definition) is 1. The minimum Gasteiger partial charge on any atom is -0.423 e. The Morgan fingerprint density at radius 2 is 1.70 bits per heavy atom. The fraction of sp³-hybridized carbons (Fsp3) is 0.0870. The van der Waals surface area contributed by atoms with Gasteiger partial charge < -0.3 is 13.9 Å². The molecule has 0 atom stereocenters. The van der Waals surface area contributed by atoms with Crippen LogP contribution in [-0.4, -0.2) is 13.3 Å². The number of nitrogens with one attached hydrogen (secondary N) is 1. The van der Waals surface area contributed by atoms with Crippen LogP contribution < -0.4 is 15.1 Å². The van der Waals surface area contributed by atoms with Crippen LogP contribution in [0.3, 0.4) is 0 Å². The molecule has 9 nitrogen and oxygen atoms in total. The smallest absolute Gasteiger partial charge is 0.339 e. The quantitative estimate of drug-likeness (QED) is 0.184. The monoisotopic (exact) mass is 466 g/mol. The standard InChI is InChI=1S/C23H18N2O7S/c1-15-2-9-19(10-3-15)33(29,30)32-18-7-4-16(5-8-18)14-24-21-13-23(26)31-22-11-6-17(25(27)28)12-20(21)22/h2-13,24H,14H2,1H3. The predicted octanol–water partition coefficient (Wildman–Crippen LogP) is 4.39. The lowest BCUT2D eigenvalue weighted by atomic mass is 10.1. The van der Waals surface area contributed by atoms with E-state index in [0.29, 0.717) is 11.1 Å². The van der Waals surface area contributed by atoms with Crippen LogP contribution in [0.5, 0.6) is 5.75 Å². The van der Waals surface area contributed by atoms with E-state index in [-0.39, 0.29) is 28.5 Å². The van der Waals surface area contributed by atoms with Crippen LogP contribution in [0.4, 0.5) is 11.4 Å². The Hall–Kier alpha value is -4.18. The van der Waals surface area contributed by atoms with Gasteiger partial charge in [0, 0.05) is 30.1 Å². The van der Waals surface area contributed by atoms with Crippen LogP contribution in [0.1, 0.15) is 11.1 Å². The third-order valence-electron chi connectivity index (χ3n) is 4.86. The van der Waals surface area contributed by atoms with Crippen molar-refractivity contribution in [3.05, 3.63) is 104 Å². The Morgan fingerprint density at radius 3 is 2.36 bits per heavy atom. The molecule has 0 unspecified atom stereocenters. The van der Waals surface area contributed by atoms with Crippen LogP contribution >= 0.6 is 0 Å². The summed E-state index contributed by atoms with van der Waals surface area (Å²) in [6, 6.07) is 17.9. The number of nitro groups is 1. The first-order valence-electron chi connectivity index (χ1n) is 9.77. The Kier molecular flexibility index (Phi) is 5.84. The third kappa shape index (κ3) is 5.01. The molecule has 0 fully saturated rings. The average molecular weight is 466 g/mol. The van der Waals surface area contributed by atoms with Crippen molar-refractivity contribution in [2.75, 3.05) is 5.32 Å². The van der Waals surface area contributed by atoms with Gasteiger partial charge in [0.1, 0.15) is 16.2 Å². The van der Waals surface area contributed by atoms with Crippen LogP contribution in [0.2, 0.25) is 0 Å². The molecule has 0 saturated heterocycles. The van der Waals surface area contributed by atoms with Gasteiger partial charge in [-0.25, -0.2) is 4.79 Å². The fourth-order valence-electron chi connectivity index (χ4n) is 3.15. The average Bonchev–Trinajstić information content (AvgIpc) is 2.78. The van der Waals surface area contributed by atoms with Crippen LogP contribution in [0.15, 0.2) is 86.9 Å². The molecule has 1 heterocycles. The van der Waals surface area contributed by atoms with Gasteiger partial charge in [-0.1, -0.05) is 29.8 Å². The first-order valence-corrected chi connectivity index (χ1v) is 11.2. The lowest BCUT2D eigenvalue weighted by Crippen LogP contribution is -2.10. The number of fused-ring (bicyclic) bond motifs is 1. The lowest BCUT2D eigenvalue weighted by molar-refractivity contribution is -0.384. The molecule has 0 aliphatic carbocycles. The maximum atomic E-state index is 12.4. The van der Waals surface area contributed by atoms with E-state index in [0.717, 1.165) is 11.1 Å². The summed E-state index contributed by atoms with van der Waals surface area (Å²) in [7, 11) is -3.95. The number of nitrogens with zero attached hydrogens (tertiary/aromatic N) is 1. The molecule has 0 radical (unpaired) electrons. The zero-order chi connectivity index (χ0) is 23.6. The van der Waals surface area contributed by atoms with Crippen molar-refractivity contribution in [1.29, 1.82) is 0 Å². The maximum absolute atomic E-state index is 12.4. The topological polar surface area (TPSA) is 129 Å². The predicted molar refractivity (Wildman–Crippen MR) is 122 cm³/mol. The Balaban J connectivity index is 1.50. The van der Waals surface area contributed by atoms with Gasteiger partial charge in [0.05, 0.1) is 10.6 Å². The van der Waals surface area contributed by atoms with E-state index < -0.39 is 20.7 Å². The molecule has 4 aromatic rings. The summed E-state index contributed by atoms with van der Waals surface area (Å²) in [5, 5.41) is 14.5. The highest BCUT2D eigenvalue weighted by Crippen LogP contribution is 2.27. The Morgan fingerprint density at radius 1 is 1.00 bits per heavy atom. The van der Waals surface area contributed by atoms with Gasteiger partial charge in [-0.3, -0.25) is 10.1 Å². The van der Waals surface area contributed by atoms with Gasteiger partial charge in [0.25, 0.3) is 5.69 Å². The molecule has 0 spiro atoms. The minimum atomic E-state index is -3.95. The molecular formula is C23H18N2O7S. The number of rotatable bonds is 7. The number of benzene rings is 3. The molecule has 0 bridgehead atoms. The summed E-state index contributed by atoms with van der Waals surface area (Å²) >= 11 is 0. The van der Waals surface area contributed by atoms with Gasteiger partial charge in [0.2, 0.25) is 0 Å². The molecule has 168 valence electrons. The van der Waals surface area contributed by atoms with Crippen molar-refractivity contribution >= 4 is 32.5 Å². The maximum Gasteiger partial charge on any atom is 0.339 e. The molecule has 33 heavy (non-hydrogen) atoms. The minimum absolute atomic E-state index is 0.0581. The number of anilines is 1. The van der Waals surface area contributed by atoms with E-state index in [1.54, 1.807) is 24.3 Å². The van der Waals surface area contributed by atoms with E-state index in [1.165, 1.54) is 48.5 Å². The molecule has 10 heteroatoms. The molecule has 3 aromatic carbocycles. The summed E-state index contributed by atoms with van der Waals surface area (Å²) < 4.78 is 35.1. The number of hydrogen-bond acceptors (Lipinski definition) is 8. The van der Waals surface area contributed by atoms with Gasteiger partial charge in [-0.05, 0) is 42.8 Å². The second-order valence-corrected chi connectivity index (χ2v) is 8.81. The van der Waals surface area contributed by atoms with Gasteiger partial charge in [-0.15, -0.1) is 0 Å². The summed E-state index contributed by atoms with van der Waals surface area (Å²) in [4.78, 5) is 22.4. The Bertz CT molecular complexity index is 1490. The normalized spacial score (nSPS) is 11.3. The van der Waals surface area contributed by atoms with Crippen LogP contribution in [0.25, 0.3) is 11.0 Å². The molecule has 0 aliphatic heterocycles. The first-order chi connectivity index (χ1) is 15.7. The molecule has 0 saturated carbocycles. The largest absolute Gasteiger partial charge is 0.423 e. The van der Waals surface area contributed by atoms with Crippen molar-refractivity contribution in [3.63, 3.8) is 0 Å². The fourth-order valence-corrected chi connectivity index (χ4v) is 4.08. The van der Waals surface area contributed by atoms with Crippen LogP contribution in [0, 0.1) is 17.0 Å². The second-order valence-electron chi connectivity index (χ2n) is 7.26. The zero-order valence-electron chi connectivity index (χ0n) is 17.3. The molecule has 4 rings (SSSR count). The van der Waals surface area contributed by atoms with Crippen molar-refractivity contribution in [1.82, 2.24) is 0 Å². The number of non-ortho nitro benzene ring substituents is 1. The number of aryl methyl sites for hydroxylation is 1. The zero-order valence-corrected chi connectivity index (χ0v) is 18.2. The molecule has 1 N–H and O–H groups in total. The summed E-state index contributed by atoms with van der Waals surface area (Å²) in [6.45, 7) is 2.13. The van der Waals surface area contributed by atoms with Crippen molar-refractivity contribution in [2.45, 2.75) is 18.4 Å². The highest BCUT2D eigenvalue weighted by atomic mass is 32.2. The lowest BCUT2D eigenvalue weighted by Gasteiger charge is -2.10. The summed E-state index contributed by atoms with van der Waals surface area (Å²) in [5.74, 6) is 0.153. The summed E-state index contributed by atoms with van der Waals surface area (Å²) in [5.41, 5.74) is 1.58. The highest BCUT2D eigenvalue weighted by molar-refractivity contribution is 7.87. The molecule has 1 aromatic heterocycles. The van der Waals surface area contributed by atoms with E-state index in [4.69, 9.17) is 8.60 Å². The van der Waals surface area contributed by atoms with Gasteiger partial charge >= 0.3 is 15.7 Å².